The van der Waals surface area contributed by atoms with Crippen LogP contribution in [0.3, 0.4) is 0 Å². The van der Waals surface area contributed by atoms with Crippen molar-refractivity contribution in [3.05, 3.63) is 24.3 Å². The summed E-state index contributed by atoms with van der Waals surface area (Å²) in [5.74, 6) is 0.659. The molecule has 6 nitrogen and oxygen atoms in total. The first-order valence-electron chi connectivity index (χ1n) is 6.51. The number of aliphatic hydroxyl groups excluding tert-OH is 1. The van der Waals surface area contributed by atoms with Gasteiger partial charge in [-0.25, -0.2) is 0 Å². The quantitative estimate of drug-likeness (QED) is 0.777. The van der Waals surface area contributed by atoms with Gasteiger partial charge < -0.3 is 29.8 Å². The van der Waals surface area contributed by atoms with Crippen LogP contribution >= 0.6 is 0 Å². The molecule has 1 aromatic carbocycles. The number of anilines is 1. The molecule has 112 valence electrons. The van der Waals surface area contributed by atoms with Gasteiger partial charge in [-0.1, -0.05) is 0 Å². The fourth-order valence-corrected chi connectivity index (χ4v) is 2.21. The highest BCUT2D eigenvalue weighted by Crippen LogP contribution is 2.25. The number of hydrogen-bond donors (Lipinski definition) is 2. The normalized spacial score (nSPS) is 30.1. The molecule has 0 radical (unpaired) electrons. The van der Waals surface area contributed by atoms with Gasteiger partial charge in [-0.2, -0.15) is 0 Å². The summed E-state index contributed by atoms with van der Waals surface area (Å²) in [6.45, 7) is 0.280. The van der Waals surface area contributed by atoms with Crippen molar-refractivity contribution < 1.29 is 24.1 Å². The molecule has 0 bridgehead atoms. The number of nitrogen functional groups attached to an aromatic ring is 1. The van der Waals surface area contributed by atoms with Gasteiger partial charge in [0.2, 0.25) is 6.29 Å². The molecule has 3 N–H and O–H groups in total. The van der Waals surface area contributed by atoms with Gasteiger partial charge in [-0.15, -0.1) is 0 Å². The monoisotopic (exact) mass is 283 g/mol. The molecule has 1 heterocycles. The van der Waals surface area contributed by atoms with E-state index < -0.39 is 18.5 Å². The predicted octanol–water partition coefficient (Wildman–Crippen LogP) is 0.785. The standard InChI is InChI=1S/C14H21NO5/c1-17-8-12-14(16)11(18-2)7-13(20-12)19-10-5-3-9(15)4-6-10/h3-6,11-14,16H,7-8,15H2,1-2H3/t11-,12-,13-,14-/m1/s1. The molecule has 1 fully saturated rings. The van der Waals surface area contributed by atoms with Crippen molar-refractivity contribution in [2.75, 3.05) is 26.6 Å². The van der Waals surface area contributed by atoms with Crippen LogP contribution in [0.5, 0.6) is 5.75 Å². The molecule has 6 heteroatoms. The first kappa shape index (κ1) is 15.1. The van der Waals surface area contributed by atoms with Crippen LogP contribution in [-0.4, -0.2) is 50.5 Å². The van der Waals surface area contributed by atoms with Crippen LogP contribution < -0.4 is 10.5 Å². The van der Waals surface area contributed by atoms with Crippen LogP contribution in [0.4, 0.5) is 5.69 Å². The van der Waals surface area contributed by atoms with Crippen molar-refractivity contribution in [1.82, 2.24) is 0 Å². The van der Waals surface area contributed by atoms with Gasteiger partial charge in [0.25, 0.3) is 0 Å². The average molecular weight is 283 g/mol. The Morgan fingerprint density at radius 2 is 2.00 bits per heavy atom. The van der Waals surface area contributed by atoms with Crippen molar-refractivity contribution in [3.8, 4) is 5.75 Å². The zero-order valence-corrected chi connectivity index (χ0v) is 11.7. The van der Waals surface area contributed by atoms with Gasteiger partial charge in [-0.3, -0.25) is 0 Å². The number of benzene rings is 1. The van der Waals surface area contributed by atoms with Crippen molar-refractivity contribution in [2.45, 2.75) is 31.0 Å². The van der Waals surface area contributed by atoms with E-state index in [2.05, 4.69) is 0 Å². The van der Waals surface area contributed by atoms with Gasteiger partial charge in [0.05, 0.1) is 12.7 Å². The second-order valence-electron chi connectivity index (χ2n) is 4.75. The lowest BCUT2D eigenvalue weighted by Gasteiger charge is -2.38. The van der Waals surface area contributed by atoms with Crippen LogP contribution in [0.1, 0.15) is 6.42 Å². The molecule has 0 unspecified atom stereocenters. The zero-order valence-electron chi connectivity index (χ0n) is 11.7. The fraction of sp³-hybridized carbons (Fsp3) is 0.571. The second kappa shape index (κ2) is 6.90. The highest BCUT2D eigenvalue weighted by atomic mass is 16.7. The minimum Gasteiger partial charge on any atom is -0.465 e. The molecule has 4 atom stereocenters. The highest BCUT2D eigenvalue weighted by Gasteiger charge is 2.38. The van der Waals surface area contributed by atoms with Crippen molar-refractivity contribution in [3.63, 3.8) is 0 Å². The van der Waals surface area contributed by atoms with Gasteiger partial charge in [-0.05, 0) is 24.3 Å². The summed E-state index contributed by atoms with van der Waals surface area (Å²) in [5, 5.41) is 10.1. The summed E-state index contributed by atoms with van der Waals surface area (Å²) in [5.41, 5.74) is 6.30. The Balaban J connectivity index is 2.01. The van der Waals surface area contributed by atoms with Crippen molar-refractivity contribution in [2.24, 2.45) is 0 Å². The average Bonchev–Trinajstić information content (AvgIpc) is 2.45. The van der Waals surface area contributed by atoms with E-state index in [1.807, 2.05) is 0 Å². The highest BCUT2D eigenvalue weighted by molar-refractivity contribution is 5.41. The number of aliphatic hydroxyl groups is 1. The number of nitrogens with two attached hydrogens (primary N) is 1. The summed E-state index contributed by atoms with van der Waals surface area (Å²) in [4.78, 5) is 0. The minimum atomic E-state index is -0.730. The molecule has 0 aliphatic carbocycles. The first-order chi connectivity index (χ1) is 9.63. The summed E-state index contributed by atoms with van der Waals surface area (Å²) in [7, 11) is 3.12. The smallest absolute Gasteiger partial charge is 0.202 e. The third-order valence-corrected chi connectivity index (χ3v) is 3.29. The molecular weight excluding hydrogens is 262 g/mol. The van der Waals surface area contributed by atoms with E-state index in [1.54, 1.807) is 38.5 Å². The van der Waals surface area contributed by atoms with Crippen molar-refractivity contribution >= 4 is 5.69 Å². The lowest BCUT2D eigenvalue weighted by atomic mass is 10.0. The fourth-order valence-electron chi connectivity index (χ4n) is 2.21. The molecule has 2 rings (SSSR count). The van der Waals surface area contributed by atoms with E-state index in [-0.39, 0.29) is 12.7 Å². The van der Waals surface area contributed by atoms with Gasteiger partial charge in [0.15, 0.2) is 0 Å². The Morgan fingerprint density at radius 3 is 2.60 bits per heavy atom. The Labute approximate surface area is 118 Å². The van der Waals surface area contributed by atoms with E-state index in [0.717, 1.165) is 0 Å². The Hall–Kier alpha value is -1.34. The maximum atomic E-state index is 10.1. The molecule has 0 amide bonds. The number of hydrogen-bond acceptors (Lipinski definition) is 6. The van der Waals surface area contributed by atoms with E-state index in [0.29, 0.717) is 17.9 Å². The van der Waals surface area contributed by atoms with E-state index in [4.69, 9.17) is 24.7 Å². The van der Waals surface area contributed by atoms with Gasteiger partial charge >= 0.3 is 0 Å². The summed E-state index contributed by atoms with van der Waals surface area (Å²) >= 11 is 0. The maximum Gasteiger partial charge on any atom is 0.202 e. The lowest BCUT2D eigenvalue weighted by Crippen LogP contribution is -2.52. The van der Waals surface area contributed by atoms with Gasteiger partial charge in [0.1, 0.15) is 18.0 Å². The molecule has 1 aromatic rings. The molecule has 1 aliphatic heterocycles. The Kier molecular flexibility index (Phi) is 5.19. The molecule has 0 spiro atoms. The molecular formula is C14H21NO5. The van der Waals surface area contributed by atoms with Crippen LogP contribution in [0.15, 0.2) is 24.3 Å². The van der Waals surface area contributed by atoms with Gasteiger partial charge in [0, 0.05) is 26.3 Å². The Bertz CT molecular complexity index is 411. The SMILES string of the molecule is COC[C@H]1O[C@@H](Oc2ccc(N)cc2)C[C@@H](OC)[C@H]1O. The minimum absolute atomic E-state index is 0.280. The third kappa shape index (κ3) is 3.61. The largest absolute Gasteiger partial charge is 0.465 e. The molecule has 1 saturated heterocycles. The first-order valence-corrected chi connectivity index (χ1v) is 6.51. The second-order valence-corrected chi connectivity index (χ2v) is 4.75. The van der Waals surface area contributed by atoms with Crippen LogP contribution in [-0.2, 0) is 14.2 Å². The number of methoxy groups -OCH3 is 2. The summed E-state index contributed by atoms with van der Waals surface area (Å²) in [6.07, 6.45) is -1.60. The number of rotatable bonds is 5. The summed E-state index contributed by atoms with van der Waals surface area (Å²) in [6, 6.07) is 7.06. The topological polar surface area (TPSA) is 83.2 Å². The van der Waals surface area contributed by atoms with Crippen LogP contribution in [0.2, 0.25) is 0 Å². The molecule has 1 aliphatic rings. The molecule has 0 aromatic heterocycles. The van der Waals surface area contributed by atoms with E-state index in [1.165, 1.54) is 0 Å². The van der Waals surface area contributed by atoms with Crippen LogP contribution in [0, 0.1) is 0 Å². The van der Waals surface area contributed by atoms with Crippen LogP contribution in [0.25, 0.3) is 0 Å². The van der Waals surface area contributed by atoms with E-state index >= 15 is 0 Å². The predicted molar refractivity (Wildman–Crippen MR) is 73.4 cm³/mol. The molecule has 20 heavy (non-hydrogen) atoms. The zero-order chi connectivity index (χ0) is 14.5. The maximum absolute atomic E-state index is 10.1. The molecule has 0 saturated carbocycles. The Morgan fingerprint density at radius 1 is 1.30 bits per heavy atom. The summed E-state index contributed by atoms with van der Waals surface area (Å²) < 4.78 is 21.8. The third-order valence-electron chi connectivity index (χ3n) is 3.29. The van der Waals surface area contributed by atoms with E-state index in [9.17, 15) is 5.11 Å². The number of ether oxygens (including phenoxy) is 4. The lowest BCUT2D eigenvalue weighted by molar-refractivity contribution is -0.236. The van der Waals surface area contributed by atoms with Crippen molar-refractivity contribution in [1.29, 1.82) is 0 Å².